The quantitative estimate of drug-likeness (QED) is 0.752. The molecule has 162 valence electrons. The molecule has 1 aliphatic heterocycles. The van der Waals surface area contributed by atoms with E-state index >= 15 is 0 Å². The van der Waals surface area contributed by atoms with Crippen molar-refractivity contribution in [2.24, 2.45) is 0 Å². The summed E-state index contributed by atoms with van der Waals surface area (Å²) in [6.45, 7) is 11.3. The molecule has 2 N–H and O–H groups in total. The number of hydrogen-bond donors (Lipinski definition) is 2. The van der Waals surface area contributed by atoms with Crippen LogP contribution in [-0.4, -0.2) is 45.8 Å². The van der Waals surface area contributed by atoms with Crippen LogP contribution in [0.15, 0.2) is 42.7 Å². The largest absolute Gasteiger partial charge is 0.508 e. The van der Waals surface area contributed by atoms with E-state index in [2.05, 4.69) is 35.1 Å². The third-order valence-corrected chi connectivity index (χ3v) is 5.34. The maximum Gasteiger partial charge on any atom is 0.407 e. The number of alkyl carbamates (subject to hydrolysis) is 1. The van der Waals surface area contributed by atoms with Crippen LogP contribution >= 0.6 is 0 Å². The van der Waals surface area contributed by atoms with Crippen LogP contribution in [0.1, 0.15) is 69.7 Å². The van der Waals surface area contributed by atoms with Crippen molar-refractivity contribution in [2.75, 3.05) is 13.1 Å². The number of ether oxygens (including phenoxy) is 1. The first-order chi connectivity index (χ1) is 14.1. The summed E-state index contributed by atoms with van der Waals surface area (Å²) in [5.74, 6) is 0.644. The zero-order valence-corrected chi connectivity index (χ0v) is 18.6. The molecule has 0 saturated carbocycles. The minimum atomic E-state index is -0.522. The smallest absolute Gasteiger partial charge is 0.407 e. The Labute approximate surface area is 179 Å². The van der Waals surface area contributed by atoms with Crippen molar-refractivity contribution in [1.29, 1.82) is 0 Å². The van der Waals surface area contributed by atoms with E-state index in [1.807, 2.05) is 45.0 Å². The normalized spacial score (nSPS) is 18.4. The second-order valence-electron chi connectivity index (χ2n) is 9.28. The highest BCUT2D eigenvalue weighted by Crippen LogP contribution is 2.37. The maximum atomic E-state index is 12.2. The van der Waals surface area contributed by atoms with E-state index in [-0.39, 0.29) is 18.2 Å². The van der Waals surface area contributed by atoms with E-state index < -0.39 is 5.60 Å². The predicted molar refractivity (Wildman–Crippen MR) is 118 cm³/mol. The predicted octanol–water partition coefficient (Wildman–Crippen LogP) is 4.60. The summed E-state index contributed by atoms with van der Waals surface area (Å²) >= 11 is 0. The molecule has 1 aromatic heterocycles. The second-order valence-corrected chi connectivity index (χ2v) is 9.28. The van der Waals surface area contributed by atoms with E-state index in [0.717, 1.165) is 29.7 Å². The van der Waals surface area contributed by atoms with Crippen LogP contribution in [0.2, 0.25) is 0 Å². The van der Waals surface area contributed by atoms with Crippen LogP contribution in [0, 0.1) is 0 Å². The summed E-state index contributed by atoms with van der Waals surface area (Å²) in [5, 5.41) is 13.8. The van der Waals surface area contributed by atoms with Gasteiger partial charge in [0.25, 0.3) is 0 Å². The van der Waals surface area contributed by atoms with Crippen molar-refractivity contribution < 1.29 is 14.6 Å². The van der Waals surface area contributed by atoms with E-state index in [0.29, 0.717) is 18.2 Å². The zero-order chi connectivity index (χ0) is 21.9. The van der Waals surface area contributed by atoms with E-state index in [1.54, 1.807) is 12.4 Å². The summed E-state index contributed by atoms with van der Waals surface area (Å²) in [6.07, 6.45) is 3.98. The number of phenols is 1. The Morgan fingerprint density at radius 3 is 2.50 bits per heavy atom. The van der Waals surface area contributed by atoms with Gasteiger partial charge in [0.05, 0.1) is 6.04 Å². The molecular formula is C24H33N3O3. The van der Waals surface area contributed by atoms with Crippen molar-refractivity contribution in [3.8, 4) is 5.75 Å². The van der Waals surface area contributed by atoms with E-state index in [4.69, 9.17) is 4.74 Å². The molecular weight excluding hydrogens is 378 g/mol. The molecule has 2 aromatic rings. The molecule has 1 aliphatic rings. The topological polar surface area (TPSA) is 74.7 Å². The van der Waals surface area contributed by atoms with Gasteiger partial charge in [-0.05, 0) is 62.4 Å². The number of amides is 1. The fraction of sp³-hybridized carbons (Fsp3) is 0.500. The highest BCUT2D eigenvalue weighted by Gasteiger charge is 2.33. The molecule has 0 aliphatic carbocycles. The van der Waals surface area contributed by atoms with Crippen molar-refractivity contribution >= 4 is 6.09 Å². The molecule has 0 spiro atoms. The van der Waals surface area contributed by atoms with Crippen molar-refractivity contribution in [1.82, 2.24) is 15.2 Å². The van der Waals surface area contributed by atoms with Gasteiger partial charge in [-0.15, -0.1) is 0 Å². The number of phenolic OH excluding ortho intramolecular Hbond substituents is 1. The van der Waals surface area contributed by atoms with Gasteiger partial charge in [0.15, 0.2) is 0 Å². The minimum absolute atomic E-state index is 0.00117. The second kappa shape index (κ2) is 9.04. The molecule has 1 aromatic carbocycles. The Kier molecular flexibility index (Phi) is 6.66. The molecule has 1 amide bonds. The summed E-state index contributed by atoms with van der Waals surface area (Å²) in [4.78, 5) is 18.6. The molecule has 1 saturated heterocycles. The lowest BCUT2D eigenvalue weighted by atomic mass is 9.94. The number of pyridine rings is 1. The molecule has 3 rings (SSSR count). The number of benzene rings is 1. The van der Waals surface area contributed by atoms with Crippen LogP contribution < -0.4 is 5.32 Å². The first kappa shape index (κ1) is 22.1. The average Bonchev–Trinajstić information content (AvgIpc) is 3.10. The number of hydrogen-bond acceptors (Lipinski definition) is 5. The number of nitrogens with one attached hydrogen (secondary N) is 1. The molecule has 0 bridgehead atoms. The van der Waals surface area contributed by atoms with Crippen molar-refractivity contribution in [2.45, 2.75) is 64.6 Å². The first-order valence-electron chi connectivity index (χ1n) is 10.6. The molecule has 2 atom stereocenters. The van der Waals surface area contributed by atoms with Gasteiger partial charge < -0.3 is 15.2 Å². The molecule has 6 nitrogen and oxygen atoms in total. The van der Waals surface area contributed by atoms with Gasteiger partial charge in [-0.25, -0.2) is 4.79 Å². The Hall–Kier alpha value is -2.60. The Bertz CT molecular complexity index is 862. The van der Waals surface area contributed by atoms with Gasteiger partial charge in [0.2, 0.25) is 0 Å². The fourth-order valence-corrected chi connectivity index (χ4v) is 3.90. The summed E-state index contributed by atoms with van der Waals surface area (Å²) in [7, 11) is 0. The van der Waals surface area contributed by atoms with Gasteiger partial charge >= 0.3 is 6.09 Å². The van der Waals surface area contributed by atoms with Gasteiger partial charge in [0.1, 0.15) is 11.4 Å². The number of aromatic hydroxyl groups is 1. The number of carbonyl (C=O) groups is 1. The average molecular weight is 412 g/mol. The van der Waals surface area contributed by atoms with Crippen LogP contribution in [0.4, 0.5) is 4.79 Å². The van der Waals surface area contributed by atoms with Crippen molar-refractivity contribution in [3.63, 3.8) is 0 Å². The molecule has 1 unspecified atom stereocenters. The number of carbonyl (C=O) groups excluding carboxylic acids is 1. The van der Waals surface area contributed by atoms with Gasteiger partial charge in [-0.3, -0.25) is 9.88 Å². The van der Waals surface area contributed by atoms with Crippen LogP contribution in [0.5, 0.6) is 5.75 Å². The SMILES string of the molecule is CC(C)c1ccc(C(c2ccncc2)N2CC[C@@H](NC(=O)OC(C)(C)C)C2)c(O)c1. The zero-order valence-electron chi connectivity index (χ0n) is 18.6. The monoisotopic (exact) mass is 411 g/mol. The Morgan fingerprint density at radius 2 is 1.90 bits per heavy atom. The molecule has 0 radical (unpaired) electrons. The molecule has 30 heavy (non-hydrogen) atoms. The Balaban J connectivity index is 1.82. The molecule has 1 fully saturated rings. The van der Waals surface area contributed by atoms with Crippen LogP contribution in [-0.2, 0) is 4.74 Å². The Morgan fingerprint density at radius 1 is 1.20 bits per heavy atom. The first-order valence-corrected chi connectivity index (χ1v) is 10.6. The fourth-order valence-electron chi connectivity index (χ4n) is 3.90. The minimum Gasteiger partial charge on any atom is -0.508 e. The number of nitrogens with zero attached hydrogens (tertiary/aromatic N) is 2. The molecule has 2 heterocycles. The number of rotatable bonds is 5. The highest BCUT2D eigenvalue weighted by molar-refractivity contribution is 5.68. The lowest BCUT2D eigenvalue weighted by Crippen LogP contribution is -2.41. The third-order valence-electron chi connectivity index (χ3n) is 5.34. The summed E-state index contributed by atoms with van der Waals surface area (Å²) in [5.41, 5.74) is 2.51. The number of aromatic nitrogens is 1. The lowest BCUT2D eigenvalue weighted by molar-refractivity contribution is 0.0505. The summed E-state index contributed by atoms with van der Waals surface area (Å²) < 4.78 is 5.40. The third kappa shape index (κ3) is 5.51. The van der Waals surface area contributed by atoms with Crippen molar-refractivity contribution in [3.05, 3.63) is 59.4 Å². The van der Waals surface area contributed by atoms with E-state index in [1.165, 1.54) is 0 Å². The van der Waals surface area contributed by atoms with Crippen LogP contribution in [0.3, 0.4) is 0 Å². The van der Waals surface area contributed by atoms with Crippen LogP contribution in [0.25, 0.3) is 0 Å². The van der Waals surface area contributed by atoms with Gasteiger partial charge in [-0.2, -0.15) is 0 Å². The highest BCUT2D eigenvalue weighted by atomic mass is 16.6. The van der Waals surface area contributed by atoms with Gasteiger partial charge in [0, 0.05) is 37.1 Å². The van der Waals surface area contributed by atoms with E-state index in [9.17, 15) is 9.90 Å². The van der Waals surface area contributed by atoms with Gasteiger partial charge in [-0.1, -0.05) is 26.0 Å². The standard InChI is InChI=1S/C24H33N3O3/c1-16(2)18-6-7-20(21(28)14-18)22(17-8-11-25-12-9-17)27-13-10-19(15-27)26-23(29)30-24(3,4)5/h6-9,11-12,14,16,19,22,28H,10,13,15H2,1-5H3,(H,26,29)/t19-,22?/m1/s1. The maximum absolute atomic E-state index is 12.2. The number of likely N-dealkylation sites (tertiary alicyclic amines) is 1. The lowest BCUT2D eigenvalue weighted by Gasteiger charge is -2.30. The molecule has 6 heteroatoms. The summed E-state index contributed by atoms with van der Waals surface area (Å²) in [6, 6.07) is 9.82.